The summed E-state index contributed by atoms with van der Waals surface area (Å²) < 4.78 is 4.81. The number of hydrogen-bond acceptors (Lipinski definition) is 2. The molecule has 1 amide bonds. The van der Waals surface area contributed by atoms with Crippen LogP contribution in [0.3, 0.4) is 0 Å². The molecule has 0 aliphatic heterocycles. The number of ether oxygens (including phenoxy) is 1. The summed E-state index contributed by atoms with van der Waals surface area (Å²) in [6.07, 6.45) is 3.17. The maximum Gasteiger partial charge on any atom is 0.246 e. The van der Waals surface area contributed by atoms with E-state index in [1.165, 1.54) is 6.08 Å². The van der Waals surface area contributed by atoms with Crippen molar-refractivity contribution in [1.82, 2.24) is 4.90 Å². The van der Waals surface area contributed by atoms with Gasteiger partial charge in [0.1, 0.15) is 6.04 Å². The second kappa shape index (κ2) is 8.01. The van der Waals surface area contributed by atoms with Crippen molar-refractivity contribution in [3.63, 3.8) is 0 Å². The van der Waals surface area contributed by atoms with Gasteiger partial charge in [-0.05, 0) is 13.8 Å². The average molecular weight is 210 g/mol. The van der Waals surface area contributed by atoms with Gasteiger partial charge in [-0.15, -0.1) is 0 Å². The molecule has 0 heterocycles. The lowest BCUT2D eigenvalue weighted by molar-refractivity contribution is -0.127. The molecule has 0 aliphatic rings. The molecular weight excluding hydrogens is 192 g/mol. The molecular formula is C11H18N2O2. The van der Waals surface area contributed by atoms with Gasteiger partial charge in [-0.25, -0.2) is 6.57 Å². The number of carbonyl (C=O) groups is 1. The smallest absolute Gasteiger partial charge is 0.246 e. The van der Waals surface area contributed by atoms with Crippen LogP contribution in [0.25, 0.3) is 4.85 Å². The van der Waals surface area contributed by atoms with Gasteiger partial charge < -0.3 is 14.5 Å². The topological polar surface area (TPSA) is 33.9 Å². The molecule has 0 unspecified atom stereocenters. The fourth-order valence-electron chi connectivity index (χ4n) is 1.26. The third-order valence-electron chi connectivity index (χ3n) is 2.03. The molecule has 84 valence electrons. The van der Waals surface area contributed by atoms with E-state index < -0.39 is 0 Å². The first-order valence-corrected chi connectivity index (χ1v) is 4.96. The van der Waals surface area contributed by atoms with Gasteiger partial charge in [-0.3, -0.25) is 4.79 Å². The van der Waals surface area contributed by atoms with E-state index in [2.05, 4.69) is 4.85 Å². The van der Waals surface area contributed by atoms with E-state index in [4.69, 9.17) is 11.3 Å². The molecule has 0 radical (unpaired) electrons. The van der Waals surface area contributed by atoms with Crippen LogP contribution in [0, 0.1) is 6.57 Å². The minimum Gasteiger partial charge on any atom is -0.381 e. The fourth-order valence-corrected chi connectivity index (χ4v) is 1.26. The van der Waals surface area contributed by atoms with E-state index in [0.717, 1.165) is 0 Å². The fraction of sp³-hybridized carbons (Fsp3) is 0.636. The summed E-state index contributed by atoms with van der Waals surface area (Å²) in [5, 5.41) is 0. The Morgan fingerprint density at radius 3 is 2.80 bits per heavy atom. The maximum atomic E-state index is 11.6. The molecule has 0 aromatic rings. The highest BCUT2D eigenvalue weighted by Gasteiger charge is 2.17. The van der Waals surface area contributed by atoms with Crippen LogP contribution in [0.1, 0.15) is 13.8 Å². The van der Waals surface area contributed by atoms with Crippen molar-refractivity contribution in [2.75, 3.05) is 26.8 Å². The van der Waals surface area contributed by atoms with Crippen LogP contribution in [0.15, 0.2) is 12.2 Å². The molecule has 0 N–H and O–H groups in total. The third-order valence-corrected chi connectivity index (χ3v) is 2.03. The Balaban J connectivity index is 4.28. The molecule has 0 aromatic carbocycles. The summed E-state index contributed by atoms with van der Waals surface area (Å²) in [7, 11) is 1.58. The van der Waals surface area contributed by atoms with Crippen molar-refractivity contribution in [3.8, 4) is 0 Å². The van der Waals surface area contributed by atoms with Crippen LogP contribution in [0.5, 0.6) is 0 Å². The first kappa shape index (κ1) is 13.7. The normalized spacial score (nSPS) is 12.4. The van der Waals surface area contributed by atoms with Gasteiger partial charge in [0, 0.05) is 19.7 Å². The number of carbonyl (C=O) groups excluding carboxylic acids is 1. The molecule has 0 fully saturated rings. The highest BCUT2D eigenvalue weighted by atomic mass is 16.5. The van der Waals surface area contributed by atoms with Gasteiger partial charge in [0.25, 0.3) is 0 Å². The van der Waals surface area contributed by atoms with Crippen LogP contribution >= 0.6 is 0 Å². The van der Waals surface area contributed by atoms with Crippen LogP contribution in [-0.4, -0.2) is 43.7 Å². The Bertz CT molecular complexity index is 256. The van der Waals surface area contributed by atoms with E-state index >= 15 is 0 Å². The zero-order chi connectivity index (χ0) is 11.7. The highest BCUT2D eigenvalue weighted by molar-refractivity contribution is 5.87. The number of amides is 1. The van der Waals surface area contributed by atoms with E-state index in [1.807, 2.05) is 13.8 Å². The molecule has 15 heavy (non-hydrogen) atoms. The molecule has 1 atom stereocenters. The Hall–Kier alpha value is -1.34. The van der Waals surface area contributed by atoms with Gasteiger partial charge in [0.15, 0.2) is 0 Å². The average Bonchev–Trinajstić information content (AvgIpc) is 2.19. The number of hydrogen-bond donors (Lipinski definition) is 0. The second-order valence-corrected chi connectivity index (χ2v) is 3.17. The Morgan fingerprint density at radius 2 is 2.33 bits per heavy atom. The zero-order valence-electron chi connectivity index (χ0n) is 9.56. The van der Waals surface area contributed by atoms with Crippen LogP contribution in [-0.2, 0) is 9.53 Å². The first-order chi connectivity index (χ1) is 7.17. The maximum absolute atomic E-state index is 11.6. The SMILES string of the molecule is [C-]#[N+]C[C@@H](C)N(CC)C(=O)/C=C/COC. The summed E-state index contributed by atoms with van der Waals surface area (Å²) in [5.74, 6) is -0.0642. The van der Waals surface area contributed by atoms with Gasteiger partial charge in [0.05, 0.1) is 6.61 Å². The minimum absolute atomic E-state index is 0.0350. The quantitative estimate of drug-likeness (QED) is 0.490. The molecule has 0 saturated carbocycles. The molecule has 0 bridgehead atoms. The third kappa shape index (κ3) is 5.18. The predicted molar refractivity (Wildman–Crippen MR) is 59.3 cm³/mol. The number of likely N-dealkylation sites (N-methyl/N-ethyl adjacent to an activating group) is 1. The number of nitrogens with zero attached hydrogens (tertiary/aromatic N) is 2. The minimum atomic E-state index is -0.0642. The van der Waals surface area contributed by atoms with Gasteiger partial charge in [-0.2, -0.15) is 0 Å². The first-order valence-electron chi connectivity index (χ1n) is 4.96. The summed E-state index contributed by atoms with van der Waals surface area (Å²) in [6, 6.07) is -0.0350. The van der Waals surface area contributed by atoms with Crippen molar-refractivity contribution < 1.29 is 9.53 Å². The standard InChI is InChI=1S/C11H18N2O2/c1-5-13(10(2)9-12-3)11(14)7-6-8-15-4/h6-7,10H,5,8-9H2,1-2,4H3/b7-6+/t10-/m1/s1. The molecule has 4 nitrogen and oxygen atoms in total. The van der Waals surface area contributed by atoms with Crippen molar-refractivity contribution in [3.05, 3.63) is 23.6 Å². The summed E-state index contributed by atoms with van der Waals surface area (Å²) >= 11 is 0. The summed E-state index contributed by atoms with van der Waals surface area (Å²) in [5.41, 5.74) is 0. The monoisotopic (exact) mass is 210 g/mol. The summed E-state index contributed by atoms with van der Waals surface area (Å²) in [4.78, 5) is 16.6. The molecule has 0 rings (SSSR count). The molecule has 0 aromatic heterocycles. The van der Waals surface area contributed by atoms with Crippen molar-refractivity contribution in [2.24, 2.45) is 0 Å². The molecule has 4 heteroatoms. The number of rotatable bonds is 6. The molecule has 0 spiro atoms. The lowest BCUT2D eigenvalue weighted by Gasteiger charge is -2.23. The Morgan fingerprint density at radius 1 is 1.67 bits per heavy atom. The van der Waals surface area contributed by atoms with E-state index in [9.17, 15) is 4.79 Å². The Labute approximate surface area is 91.3 Å². The van der Waals surface area contributed by atoms with Crippen molar-refractivity contribution in [1.29, 1.82) is 0 Å². The largest absolute Gasteiger partial charge is 0.381 e. The van der Waals surface area contributed by atoms with E-state index in [1.54, 1.807) is 18.1 Å². The van der Waals surface area contributed by atoms with Gasteiger partial charge >= 0.3 is 0 Å². The lowest BCUT2D eigenvalue weighted by atomic mass is 10.2. The lowest BCUT2D eigenvalue weighted by Crippen LogP contribution is -2.38. The van der Waals surface area contributed by atoms with E-state index in [-0.39, 0.29) is 11.9 Å². The Kier molecular flexibility index (Phi) is 7.29. The predicted octanol–water partition coefficient (Wildman–Crippen LogP) is 1.35. The van der Waals surface area contributed by atoms with Gasteiger partial charge in [0.2, 0.25) is 12.5 Å². The van der Waals surface area contributed by atoms with Crippen LogP contribution < -0.4 is 0 Å². The van der Waals surface area contributed by atoms with Gasteiger partial charge in [-0.1, -0.05) is 6.08 Å². The summed E-state index contributed by atoms with van der Waals surface area (Å²) in [6.45, 7) is 11.9. The second-order valence-electron chi connectivity index (χ2n) is 3.17. The number of methoxy groups -OCH3 is 1. The van der Waals surface area contributed by atoms with Crippen LogP contribution in [0.2, 0.25) is 0 Å². The van der Waals surface area contributed by atoms with Crippen molar-refractivity contribution in [2.45, 2.75) is 19.9 Å². The van der Waals surface area contributed by atoms with Crippen molar-refractivity contribution >= 4 is 5.91 Å². The highest BCUT2D eigenvalue weighted by Crippen LogP contribution is 2.01. The van der Waals surface area contributed by atoms with E-state index in [0.29, 0.717) is 19.7 Å². The van der Waals surface area contributed by atoms with Crippen LogP contribution in [0.4, 0.5) is 0 Å². The molecule has 0 aliphatic carbocycles. The zero-order valence-corrected chi connectivity index (χ0v) is 9.56. The molecule has 0 saturated heterocycles.